The highest BCUT2D eigenvalue weighted by Gasteiger charge is 2.08. The van der Waals surface area contributed by atoms with Crippen molar-refractivity contribution in [3.05, 3.63) is 53.1 Å². The zero-order valence-corrected chi connectivity index (χ0v) is 13.5. The van der Waals surface area contributed by atoms with Gasteiger partial charge in [0, 0.05) is 0 Å². The molecule has 1 heterocycles. The standard InChI is InChI=1S/C16H14ClN3OS/c1-10-6-7-13-14(8-10)22-16(19-13)20-15(21)9-18-12-5-3-2-4-11(12)17/h2-8,18H,9H2,1H3,(H,19,20,21). The first-order valence-electron chi connectivity index (χ1n) is 6.77. The molecule has 112 valence electrons. The second-order valence-corrected chi connectivity index (χ2v) is 6.31. The van der Waals surface area contributed by atoms with E-state index in [9.17, 15) is 4.79 Å². The maximum absolute atomic E-state index is 12.0. The first-order chi connectivity index (χ1) is 10.6. The molecule has 0 saturated carbocycles. The van der Waals surface area contributed by atoms with Crippen molar-refractivity contribution in [2.75, 3.05) is 17.2 Å². The van der Waals surface area contributed by atoms with Crippen LogP contribution >= 0.6 is 22.9 Å². The first-order valence-corrected chi connectivity index (χ1v) is 7.97. The number of aromatic nitrogens is 1. The number of hydrogen-bond acceptors (Lipinski definition) is 4. The quantitative estimate of drug-likeness (QED) is 0.749. The zero-order valence-electron chi connectivity index (χ0n) is 11.9. The van der Waals surface area contributed by atoms with Gasteiger partial charge in [-0.25, -0.2) is 4.98 Å². The minimum Gasteiger partial charge on any atom is -0.375 e. The number of rotatable bonds is 4. The Morgan fingerprint density at radius 1 is 1.27 bits per heavy atom. The van der Waals surface area contributed by atoms with Crippen LogP contribution in [0.25, 0.3) is 10.2 Å². The van der Waals surface area contributed by atoms with Gasteiger partial charge < -0.3 is 10.6 Å². The molecule has 3 rings (SSSR count). The van der Waals surface area contributed by atoms with Crippen molar-refractivity contribution in [2.24, 2.45) is 0 Å². The summed E-state index contributed by atoms with van der Waals surface area (Å²) in [5.74, 6) is -0.157. The van der Waals surface area contributed by atoms with E-state index in [1.54, 1.807) is 6.07 Å². The van der Waals surface area contributed by atoms with Gasteiger partial charge in [0.25, 0.3) is 0 Å². The van der Waals surface area contributed by atoms with Gasteiger partial charge in [-0.15, -0.1) is 0 Å². The summed E-state index contributed by atoms with van der Waals surface area (Å²) in [4.78, 5) is 16.4. The van der Waals surface area contributed by atoms with Gasteiger partial charge in [0.15, 0.2) is 5.13 Å². The Kier molecular flexibility index (Phi) is 4.27. The molecule has 0 bridgehead atoms. The molecule has 0 aliphatic heterocycles. The van der Waals surface area contributed by atoms with Gasteiger partial charge >= 0.3 is 0 Å². The molecule has 0 saturated heterocycles. The maximum atomic E-state index is 12.0. The fraction of sp³-hybridized carbons (Fsp3) is 0.125. The third kappa shape index (κ3) is 3.37. The topological polar surface area (TPSA) is 54.0 Å². The number of hydrogen-bond donors (Lipinski definition) is 2. The van der Waals surface area contributed by atoms with Gasteiger partial charge in [-0.1, -0.05) is 41.1 Å². The van der Waals surface area contributed by atoms with Crippen LogP contribution in [-0.4, -0.2) is 17.4 Å². The molecule has 0 unspecified atom stereocenters. The zero-order chi connectivity index (χ0) is 15.5. The Morgan fingerprint density at radius 2 is 2.09 bits per heavy atom. The molecule has 0 aliphatic rings. The summed E-state index contributed by atoms with van der Waals surface area (Å²) >= 11 is 7.50. The highest BCUT2D eigenvalue weighted by Crippen LogP contribution is 2.26. The van der Waals surface area contributed by atoms with Crippen molar-refractivity contribution in [3.63, 3.8) is 0 Å². The molecule has 1 amide bonds. The maximum Gasteiger partial charge on any atom is 0.245 e. The number of carbonyl (C=O) groups is 1. The molecule has 2 aromatic carbocycles. The van der Waals surface area contributed by atoms with Gasteiger partial charge in [-0.2, -0.15) is 0 Å². The van der Waals surface area contributed by atoms with E-state index in [0.717, 1.165) is 15.9 Å². The Balaban J connectivity index is 1.64. The summed E-state index contributed by atoms with van der Waals surface area (Å²) in [5, 5.41) is 7.00. The summed E-state index contributed by atoms with van der Waals surface area (Å²) in [5.41, 5.74) is 2.80. The second kappa shape index (κ2) is 6.34. The Labute approximate surface area is 137 Å². The van der Waals surface area contributed by atoms with Crippen LogP contribution in [0.5, 0.6) is 0 Å². The predicted molar refractivity (Wildman–Crippen MR) is 92.9 cm³/mol. The van der Waals surface area contributed by atoms with Crippen LogP contribution in [0.1, 0.15) is 5.56 Å². The van der Waals surface area contributed by atoms with Crippen LogP contribution in [-0.2, 0) is 4.79 Å². The third-order valence-electron chi connectivity index (χ3n) is 3.10. The fourth-order valence-corrected chi connectivity index (χ4v) is 3.21. The van der Waals surface area contributed by atoms with Crippen LogP contribution in [0.4, 0.5) is 10.8 Å². The van der Waals surface area contributed by atoms with E-state index in [4.69, 9.17) is 11.6 Å². The van der Waals surface area contributed by atoms with Crippen molar-refractivity contribution in [2.45, 2.75) is 6.92 Å². The monoisotopic (exact) mass is 331 g/mol. The van der Waals surface area contributed by atoms with Crippen LogP contribution in [0.2, 0.25) is 5.02 Å². The van der Waals surface area contributed by atoms with Gasteiger partial charge in [0.05, 0.1) is 27.5 Å². The molecule has 0 aliphatic carbocycles. The van der Waals surface area contributed by atoms with E-state index < -0.39 is 0 Å². The lowest BCUT2D eigenvalue weighted by molar-refractivity contribution is -0.114. The number of nitrogens with one attached hydrogen (secondary N) is 2. The number of halogens is 1. The molecule has 0 fully saturated rings. The van der Waals surface area contributed by atoms with E-state index in [0.29, 0.717) is 10.2 Å². The molecule has 6 heteroatoms. The molecule has 22 heavy (non-hydrogen) atoms. The second-order valence-electron chi connectivity index (χ2n) is 4.87. The molecular weight excluding hydrogens is 318 g/mol. The van der Waals surface area contributed by atoms with Crippen LogP contribution in [0.3, 0.4) is 0 Å². The molecule has 0 radical (unpaired) electrons. The first kappa shape index (κ1) is 14.8. The molecule has 0 atom stereocenters. The highest BCUT2D eigenvalue weighted by atomic mass is 35.5. The minimum atomic E-state index is -0.157. The van der Waals surface area contributed by atoms with Gasteiger partial charge in [-0.05, 0) is 36.8 Å². The number of benzene rings is 2. The lowest BCUT2D eigenvalue weighted by Gasteiger charge is -2.07. The number of carbonyl (C=O) groups excluding carboxylic acids is 1. The summed E-state index contributed by atoms with van der Waals surface area (Å²) in [6.45, 7) is 2.17. The molecular formula is C16H14ClN3OS. The number of aryl methyl sites for hydroxylation is 1. The minimum absolute atomic E-state index is 0.138. The van der Waals surface area contributed by atoms with E-state index in [-0.39, 0.29) is 12.5 Å². The lowest BCUT2D eigenvalue weighted by atomic mass is 10.2. The summed E-state index contributed by atoms with van der Waals surface area (Å²) in [7, 11) is 0. The van der Waals surface area contributed by atoms with Crippen molar-refractivity contribution in [1.29, 1.82) is 0 Å². The number of nitrogens with zero attached hydrogens (tertiary/aromatic N) is 1. The third-order valence-corrected chi connectivity index (χ3v) is 4.37. The molecule has 1 aromatic heterocycles. The highest BCUT2D eigenvalue weighted by molar-refractivity contribution is 7.22. The van der Waals surface area contributed by atoms with Crippen molar-refractivity contribution in [1.82, 2.24) is 4.98 Å². The Morgan fingerprint density at radius 3 is 2.91 bits per heavy atom. The van der Waals surface area contributed by atoms with E-state index in [1.807, 2.05) is 37.3 Å². The number of para-hydroxylation sites is 1. The average molecular weight is 332 g/mol. The van der Waals surface area contributed by atoms with Crippen molar-refractivity contribution >= 4 is 49.9 Å². The van der Waals surface area contributed by atoms with Gasteiger partial charge in [-0.3, -0.25) is 4.79 Å². The molecule has 0 spiro atoms. The van der Waals surface area contributed by atoms with Crippen LogP contribution < -0.4 is 10.6 Å². The summed E-state index contributed by atoms with van der Waals surface area (Å²) in [6, 6.07) is 13.3. The number of thiazole rings is 1. The molecule has 2 N–H and O–H groups in total. The largest absolute Gasteiger partial charge is 0.375 e. The smallest absolute Gasteiger partial charge is 0.245 e. The number of amides is 1. The SMILES string of the molecule is Cc1ccc2nc(NC(=O)CNc3ccccc3Cl)sc2c1. The van der Waals surface area contributed by atoms with Crippen molar-refractivity contribution in [3.8, 4) is 0 Å². The predicted octanol–water partition coefficient (Wildman–Crippen LogP) is 4.31. The van der Waals surface area contributed by atoms with Gasteiger partial charge in [0.1, 0.15) is 0 Å². The Hall–Kier alpha value is -2.11. The summed E-state index contributed by atoms with van der Waals surface area (Å²) in [6.07, 6.45) is 0. The van der Waals surface area contributed by atoms with E-state index in [2.05, 4.69) is 21.7 Å². The fourth-order valence-electron chi connectivity index (χ4n) is 2.03. The molecule has 4 nitrogen and oxygen atoms in total. The van der Waals surface area contributed by atoms with E-state index in [1.165, 1.54) is 16.9 Å². The molecule has 3 aromatic rings. The van der Waals surface area contributed by atoms with E-state index >= 15 is 0 Å². The lowest BCUT2D eigenvalue weighted by Crippen LogP contribution is -2.21. The number of anilines is 2. The number of fused-ring (bicyclic) bond motifs is 1. The van der Waals surface area contributed by atoms with Gasteiger partial charge in [0.2, 0.25) is 5.91 Å². The average Bonchev–Trinajstić information content (AvgIpc) is 2.87. The van der Waals surface area contributed by atoms with Crippen LogP contribution in [0, 0.1) is 6.92 Å². The Bertz CT molecular complexity index is 831. The van der Waals surface area contributed by atoms with Crippen LogP contribution in [0.15, 0.2) is 42.5 Å². The van der Waals surface area contributed by atoms with Crippen molar-refractivity contribution < 1.29 is 4.79 Å². The normalized spacial score (nSPS) is 10.6. The summed E-state index contributed by atoms with van der Waals surface area (Å²) < 4.78 is 1.06.